The van der Waals surface area contributed by atoms with Gasteiger partial charge in [-0.1, -0.05) is 17.7 Å². The highest BCUT2D eigenvalue weighted by Crippen LogP contribution is 2.33. The molecule has 0 bridgehead atoms. The highest BCUT2D eigenvalue weighted by atomic mass is 127. The molecule has 1 amide bonds. The molecule has 1 fully saturated rings. The zero-order valence-electron chi connectivity index (χ0n) is 19.8. The summed E-state index contributed by atoms with van der Waals surface area (Å²) in [4.78, 5) is 25.4. The van der Waals surface area contributed by atoms with Gasteiger partial charge in [0.2, 0.25) is 0 Å². The third kappa shape index (κ3) is 4.72. The topological polar surface area (TPSA) is 97.6 Å². The van der Waals surface area contributed by atoms with Crippen molar-refractivity contribution < 1.29 is 17.9 Å². The fraction of sp³-hybridized carbons (Fsp3) is 0.435. The minimum Gasteiger partial charge on any atom is -0.444 e. The lowest BCUT2D eigenvalue weighted by molar-refractivity contribution is 0.0218. The first kappa shape index (κ1) is 24.7. The number of nitrogens with zero attached hydrogens (tertiary/aromatic N) is 5. The van der Waals surface area contributed by atoms with Crippen LogP contribution in [0.3, 0.4) is 0 Å². The van der Waals surface area contributed by atoms with Gasteiger partial charge in [-0.05, 0) is 69.3 Å². The predicted molar refractivity (Wildman–Crippen MR) is 139 cm³/mol. The van der Waals surface area contributed by atoms with E-state index < -0.39 is 15.6 Å². The number of ether oxygens (including phenoxy) is 1. The molecular formula is C23H28IN5O4S. The smallest absolute Gasteiger partial charge is 0.410 e. The summed E-state index contributed by atoms with van der Waals surface area (Å²) in [6.07, 6.45) is 2.64. The SMILES string of the molecule is Cc1ccc(S(=O)(=O)n2cc(I)c3c(N4CCN(C(=O)OC(C)(C)C)C[C@H]4C)ncnc32)cc1. The van der Waals surface area contributed by atoms with E-state index in [1.807, 2.05) is 34.6 Å². The van der Waals surface area contributed by atoms with E-state index >= 15 is 0 Å². The van der Waals surface area contributed by atoms with Crippen LogP contribution >= 0.6 is 22.6 Å². The fourth-order valence-corrected chi connectivity index (χ4v) is 6.23. The van der Waals surface area contributed by atoms with Gasteiger partial charge in [0.05, 0.1) is 10.3 Å². The van der Waals surface area contributed by atoms with Gasteiger partial charge in [-0.25, -0.2) is 27.2 Å². The van der Waals surface area contributed by atoms with E-state index in [1.165, 1.54) is 10.3 Å². The molecular weight excluding hydrogens is 569 g/mol. The molecule has 0 radical (unpaired) electrons. The number of fused-ring (bicyclic) bond motifs is 1. The lowest BCUT2D eigenvalue weighted by atomic mass is 10.1. The van der Waals surface area contributed by atoms with Gasteiger partial charge < -0.3 is 14.5 Å². The van der Waals surface area contributed by atoms with Crippen LogP contribution < -0.4 is 4.90 Å². The molecule has 0 unspecified atom stereocenters. The van der Waals surface area contributed by atoms with Crippen molar-refractivity contribution in [2.24, 2.45) is 0 Å². The minimum atomic E-state index is -3.83. The van der Waals surface area contributed by atoms with Crippen LogP contribution in [0.4, 0.5) is 10.6 Å². The Labute approximate surface area is 213 Å². The van der Waals surface area contributed by atoms with E-state index in [1.54, 1.807) is 35.4 Å². The molecule has 1 aromatic carbocycles. The molecule has 0 N–H and O–H groups in total. The molecule has 1 saturated heterocycles. The molecule has 34 heavy (non-hydrogen) atoms. The number of hydrogen-bond donors (Lipinski definition) is 0. The number of anilines is 1. The highest BCUT2D eigenvalue weighted by molar-refractivity contribution is 14.1. The molecule has 2 aromatic heterocycles. The maximum absolute atomic E-state index is 13.4. The van der Waals surface area contributed by atoms with Crippen LogP contribution in [0.1, 0.15) is 33.3 Å². The molecule has 3 aromatic rings. The molecule has 182 valence electrons. The number of aromatic nitrogens is 3. The van der Waals surface area contributed by atoms with Gasteiger partial charge in [-0.3, -0.25) is 0 Å². The van der Waals surface area contributed by atoms with E-state index in [2.05, 4.69) is 37.5 Å². The van der Waals surface area contributed by atoms with Gasteiger partial charge in [0.15, 0.2) is 5.65 Å². The van der Waals surface area contributed by atoms with E-state index in [-0.39, 0.29) is 17.0 Å². The quantitative estimate of drug-likeness (QED) is 0.421. The Morgan fingerprint density at radius 2 is 1.82 bits per heavy atom. The lowest BCUT2D eigenvalue weighted by Crippen LogP contribution is -2.54. The number of halogens is 1. The summed E-state index contributed by atoms with van der Waals surface area (Å²) >= 11 is 2.13. The van der Waals surface area contributed by atoms with Crippen molar-refractivity contribution in [3.63, 3.8) is 0 Å². The summed E-state index contributed by atoms with van der Waals surface area (Å²) in [5.74, 6) is 0.656. The predicted octanol–water partition coefficient (Wildman–Crippen LogP) is 4.03. The molecule has 1 aliphatic rings. The Bertz CT molecular complexity index is 1330. The van der Waals surface area contributed by atoms with Gasteiger partial charge in [0.25, 0.3) is 10.0 Å². The molecule has 1 aliphatic heterocycles. The van der Waals surface area contributed by atoms with Crippen molar-refractivity contribution in [2.75, 3.05) is 24.5 Å². The van der Waals surface area contributed by atoms with Crippen molar-refractivity contribution >= 4 is 55.6 Å². The Morgan fingerprint density at radius 3 is 2.44 bits per heavy atom. The van der Waals surface area contributed by atoms with E-state index in [0.717, 1.165) is 9.13 Å². The van der Waals surface area contributed by atoms with Gasteiger partial charge in [0.1, 0.15) is 17.7 Å². The highest BCUT2D eigenvalue weighted by Gasteiger charge is 2.32. The molecule has 4 rings (SSSR count). The standard InChI is InChI=1S/C23H28IN5O4S/c1-15-6-8-17(9-7-15)34(31,32)29-13-18(24)19-20(25-14-26-21(19)29)28-11-10-27(12-16(28)2)22(30)33-23(3,4)5/h6-9,13-14,16H,10-12H2,1-5H3/t16-/m1/s1. The van der Waals surface area contributed by atoms with Crippen LogP contribution in [0.25, 0.3) is 11.0 Å². The summed E-state index contributed by atoms with van der Waals surface area (Å²) in [6.45, 7) is 10.9. The zero-order valence-corrected chi connectivity index (χ0v) is 22.8. The number of amides is 1. The molecule has 0 aliphatic carbocycles. The number of rotatable bonds is 3. The maximum atomic E-state index is 13.4. The summed E-state index contributed by atoms with van der Waals surface area (Å²) in [6, 6.07) is 6.70. The van der Waals surface area contributed by atoms with E-state index in [4.69, 9.17) is 4.74 Å². The minimum absolute atomic E-state index is 0.0489. The normalized spacial score (nSPS) is 17.3. The van der Waals surface area contributed by atoms with Crippen LogP contribution in [0.5, 0.6) is 0 Å². The Morgan fingerprint density at radius 1 is 1.15 bits per heavy atom. The van der Waals surface area contributed by atoms with Crippen molar-refractivity contribution in [3.05, 3.63) is 45.9 Å². The number of carbonyl (C=O) groups excluding carboxylic acids is 1. The van der Waals surface area contributed by atoms with Gasteiger partial charge in [-0.2, -0.15) is 0 Å². The van der Waals surface area contributed by atoms with Crippen molar-refractivity contribution in [1.82, 2.24) is 18.8 Å². The largest absolute Gasteiger partial charge is 0.444 e. The van der Waals surface area contributed by atoms with Gasteiger partial charge in [-0.15, -0.1) is 0 Å². The van der Waals surface area contributed by atoms with Crippen LogP contribution in [0, 0.1) is 10.5 Å². The second-order valence-electron chi connectivity index (χ2n) is 9.46. The average molecular weight is 597 g/mol. The Balaban J connectivity index is 1.68. The number of hydrogen-bond acceptors (Lipinski definition) is 7. The van der Waals surface area contributed by atoms with Crippen molar-refractivity contribution in [3.8, 4) is 0 Å². The fourth-order valence-electron chi connectivity index (χ4n) is 3.97. The second-order valence-corrected chi connectivity index (χ2v) is 12.4. The number of aryl methyl sites for hydroxylation is 1. The summed E-state index contributed by atoms with van der Waals surface area (Å²) < 4.78 is 34.2. The Kier molecular flexibility index (Phi) is 6.53. The van der Waals surface area contributed by atoms with Crippen LogP contribution in [-0.2, 0) is 14.8 Å². The average Bonchev–Trinajstić information content (AvgIpc) is 3.10. The third-order valence-corrected chi connectivity index (χ3v) is 8.10. The number of carbonyl (C=O) groups is 1. The van der Waals surface area contributed by atoms with Crippen molar-refractivity contribution in [1.29, 1.82) is 0 Å². The molecule has 0 saturated carbocycles. The summed E-state index contributed by atoms with van der Waals surface area (Å²) in [5.41, 5.74) is 0.755. The molecule has 11 heteroatoms. The first-order valence-electron chi connectivity index (χ1n) is 11.0. The van der Waals surface area contributed by atoms with Crippen molar-refractivity contribution in [2.45, 2.75) is 51.2 Å². The summed E-state index contributed by atoms with van der Waals surface area (Å²) in [5, 5.41) is 0.677. The maximum Gasteiger partial charge on any atom is 0.410 e. The molecule has 1 atom stereocenters. The van der Waals surface area contributed by atoms with Crippen LogP contribution in [0.15, 0.2) is 41.7 Å². The number of benzene rings is 1. The first-order chi connectivity index (χ1) is 15.9. The van der Waals surface area contributed by atoms with Crippen LogP contribution in [-0.4, -0.2) is 64.6 Å². The van der Waals surface area contributed by atoms with Gasteiger partial charge >= 0.3 is 6.09 Å². The Hall–Kier alpha value is -2.41. The second kappa shape index (κ2) is 8.99. The summed E-state index contributed by atoms with van der Waals surface area (Å²) in [7, 11) is -3.83. The van der Waals surface area contributed by atoms with E-state index in [0.29, 0.717) is 36.5 Å². The van der Waals surface area contributed by atoms with E-state index in [9.17, 15) is 13.2 Å². The zero-order chi connectivity index (χ0) is 24.8. The monoisotopic (exact) mass is 597 g/mol. The van der Waals surface area contributed by atoms with Gasteiger partial charge in [0, 0.05) is 35.4 Å². The third-order valence-electron chi connectivity index (χ3n) is 5.61. The first-order valence-corrected chi connectivity index (χ1v) is 13.5. The van der Waals surface area contributed by atoms with Crippen LogP contribution in [0.2, 0.25) is 0 Å². The molecule has 3 heterocycles. The number of piperazine rings is 1. The molecule has 9 nitrogen and oxygen atoms in total. The lowest BCUT2D eigenvalue weighted by Gasteiger charge is -2.41. The molecule has 0 spiro atoms.